The predicted molar refractivity (Wildman–Crippen MR) is 103 cm³/mol. The van der Waals surface area contributed by atoms with Crippen molar-refractivity contribution in [2.24, 2.45) is 0 Å². The third-order valence-electron chi connectivity index (χ3n) is 4.67. The zero-order chi connectivity index (χ0) is 20.6. The number of carbonyl (C=O) groups is 2. The maximum absolute atomic E-state index is 14.0. The Morgan fingerprint density at radius 3 is 2.57 bits per heavy atom. The normalized spacial score (nSPS) is 12.9. The Morgan fingerprint density at radius 1 is 1.14 bits per heavy atom. The Kier molecular flexibility index (Phi) is 7.54. The lowest BCUT2D eigenvalue weighted by Gasteiger charge is -2.34. The van der Waals surface area contributed by atoms with E-state index in [1.54, 1.807) is 6.92 Å². The smallest absolute Gasteiger partial charge is 0.273 e. The van der Waals surface area contributed by atoms with Crippen LogP contribution in [0, 0.1) is 12.7 Å². The summed E-state index contributed by atoms with van der Waals surface area (Å²) in [5.74, 6) is -1.52. The molecule has 0 spiro atoms. The number of nitrogens with zero attached hydrogens (tertiary/aromatic N) is 3. The van der Waals surface area contributed by atoms with Crippen molar-refractivity contribution in [3.63, 3.8) is 0 Å². The SMILES string of the molecule is CCCC(CC)(CCNC(=O)c1cnccn1)NC(=O)c1nc(C)ccc1F. The number of pyridine rings is 1. The van der Waals surface area contributed by atoms with E-state index in [0.29, 0.717) is 31.5 Å². The number of hydrogen-bond donors (Lipinski definition) is 2. The number of aryl methyl sites for hydroxylation is 1. The summed E-state index contributed by atoms with van der Waals surface area (Å²) in [5, 5.41) is 5.76. The Bertz CT molecular complexity index is 815. The number of carbonyl (C=O) groups excluding carboxylic acids is 2. The molecule has 150 valence electrons. The highest BCUT2D eigenvalue weighted by Crippen LogP contribution is 2.22. The lowest BCUT2D eigenvalue weighted by atomic mass is 9.86. The Morgan fingerprint density at radius 2 is 1.93 bits per heavy atom. The van der Waals surface area contributed by atoms with Gasteiger partial charge in [-0.1, -0.05) is 20.3 Å². The summed E-state index contributed by atoms with van der Waals surface area (Å²) < 4.78 is 14.0. The number of nitrogens with one attached hydrogen (secondary N) is 2. The minimum atomic E-state index is -0.652. The van der Waals surface area contributed by atoms with E-state index in [-0.39, 0.29) is 17.3 Å². The van der Waals surface area contributed by atoms with Gasteiger partial charge in [0.15, 0.2) is 11.5 Å². The molecule has 0 aromatic carbocycles. The van der Waals surface area contributed by atoms with Gasteiger partial charge in [0.2, 0.25) is 0 Å². The van der Waals surface area contributed by atoms with Crippen LogP contribution in [0.2, 0.25) is 0 Å². The van der Waals surface area contributed by atoms with Gasteiger partial charge < -0.3 is 10.6 Å². The summed E-state index contributed by atoms with van der Waals surface area (Å²) in [7, 11) is 0. The van der Waals surface area contributed by atoms with Crippen molar-refractivity contribution in [2.75, 3.05) is 6.54 Å². The Hall–Kier alpha value is -2.90. The molecule has 2 aromatic rings. The minimum Gasteiger partial charge on any atom is -0.351 e. The van der Waals surface area contributed by atoms with Crippen LogP contribution in [0.3, 0.4) is 0 Å². The van der Waals surface area contributed by atoms with Gasteiger partial charge >= 0.3 is 0 Å². The van der Waals surface area contributed by atoms with Crippen LogP contribution in [0.25, 0.3) is 0 Å². The highest BCUT2D eigenvalue weighted by molar-refractivity contribution is 5.93. The zero-order valence-electron chi connectivity index (χ0n) is 16.5. The molecule has 28 heavy (non-hydrogen) atoms. The first-order valence-electron chi connectivity index (χ1n) is 9.40. The number of amides is 2. The molecule has 0 radical (unpaired) electrons. The van der Waals surface area contributed by atoms with Crippen molar-refractivity contribution in [1.82, 2.24) is 25.6 Å². The molecule has 1 atom stereocenters. The molecule has 0 aliphatic carbocycles. The van der Waals surface area contributed by atoms with Crippen molar-refractivity contribution in [3.8, 4) is 0 Å². The largest absolute Gasteiger partial charge is 0.351 e. The second-order valence-corrected chi connectivity index (χ2v) is 6.72. The van der Waals surface area contributed by atoms with Crippen molar-refractivity contribution < 1.29 is 14.0 Å². The fourth-order valence-corrected chi connectivity index (χ4v) is 3.09. The number of aromatic nitrogens is 3. The summed E-state index contributed by atoms with van der Waals surface area (Å²) in [4.78, 5) is 36.7. The van der Waals surface area contributed by atoms with Crippen LogP contribution < -0.4 is 10.6 Å². The molecule has 2 heterocycles. The second-order valence-electron chi connectivity index (χ2n) is 6.72. The van der Waals surface area contributed by atoms with Crippen LogP contribution in [0.5, 0.6) is 0 Å². The van der Waals surface area contributed by atoms with E-state index in [4.69, 9.17) is 0 Å². The van der Waals surface area contributed by atoms with Gasteiger partial charge in [0.25, 0.3) is 11.8 Å². The van der Waals surface area contributed by atoms with Gasteiger partial charge in [-0.05, 0) is 38.3 Å². The molecule has 2 amide bonds. The average Bonchev–Trinajstić information content (AvgIpc) is 2.70. The summed E-state index contributed by atoms with van der Waals surface area (Å²) >= 11 is 0. The van der Waals surface area contributed by atoms with E-state index in [0.717, 1.165) is 6.42 Å². The minimum absolute atomic E-state index is 0.211. The van der Waals surface area contributed by atoms with Crippen LogP contribution in [0.1, 0.15) is 66.2 Å². The lowest BCUT2D eigenvalue weighted by Crippen LogP contribution is -2.50. The summed E-state index contributed by atoms with van der Waals surface area (Å²) in [6.07, 6.45) is 7.01. The maximum atomic E-state index is 14.0. The predicted octanol–water partition coefficient (Wildman–Crippen LogP) is 2.82. The molecule has 2 N–H and O–H groups in total. The van der Waals surface area contributed by atoms with E-state index in [1.807, 2.05) is 13.8 Å². The van der Waals surface area contributed by atoms with Gasteiger partial charge in [-0.15, -0.1) is 0 Å². The van der Waals surface area contributed by atoms with Gasteiger partial charge in [0.05, 0.1) is 6.20 Å². The molecule has 8 heteroatoms. The van der Waals surface area contributed by atoms with E-state index in [2.05, 4.69) is 25.6 Å². The lowest BCUT2D eigenvalue weighted by molar-refractivity contribution is 0.0868. The first-order valence-corrected chi connectivity index (χ1v) is 9.40. The molecule has 7 nitrogen and oxygen atoms in total. The van der Waals surface area contributed by atoms with Crippen LogP contribution in [-0.2, 0) is 0 Å². The van der Waals surface area contributed by atoms with E-state index >= 15 is 0 Å². The molecule has 2 aromatic heterocycles. The van der Waals surface area contributed by atoms with Crippen LogP contribution in [0.4, 0.5) is 4.39 Å². The van der Waals surface area contributed by atoms with E-state index in [9.17, 15) is 14.0 Å². The number of rotatable bonds is 9. The standard InChI is InChI=1S/C20H26FN5O2/c1-4-8-20(5-2,9-10-24-18(27)16-13-22-11-12-23-16)26-19(28)17-15(21)7-6-14(3)25-17/h6-7,11-13H,4-5,8-10H2,1-3H3,(H,24,27)(H,26,28). The van der Waals surface area contributed by atoms with Gasteiger partial charge in [-0.3, -0.25) is 14.6 Å². The Balaban J connectivity index is 2.07. The summed E-state index contributed by atoms with van der Waals surface area (Å²) in [5.41, 5.74) is 0.0207. The van der Waals surface area contributed by atoms with E-state index < -0.39 is 17.3 Å². The van der Waals surface area contributed by atoms with Gasteiger partial charge in [0, 0.05) is 30.2 Å². The van der Waals surface area contributed by atoms with Crippen molar-refractivity contribution in [1.29, 1.82) is 0 Å². The number of halogens is 1. The molecule has 1 unspecified atom stereocenters. The maximum Gasteiger partial charge on any atom is 0.273 e. The summed E-state index contributed by atoms with van der Waals surface area (Å²) in [6, 6.07) is 2.76. The fourth-order valence-electron chi connectivity index (χ4n) is 3.09. The summed E-state index contributed by atoms with van der Waals surface area (Å²) in [6.45, 7) is 6.02. The van der Waals surface area contributed by atoms with Gasteiger partial charge in [-0.25, -0.2) is 14.4 Å². The quantitative estimate of drug-likeness (QED) is 0.690. The molecule has 0 fully saturated rings. The van der Waals surface area contributed by atoms with Crippen molar-refractivity contribution >= 4 is 11.8 Å². The zero-order valence-corrected chi connectivity index (χ0v) is 16.5. The topological polar surface area (TPSA) is 96.9 Å². The molecule has 0 saturated carbocycles. The van der Waals surface area contributed by atoms with E-state index in [1.165, 1.54) is 30.7 Å². The third-order valence-corrected chi connectivity index (χ3v) is 4.67. The molecular formula is C20H26FN5O2. The molecule has 0 saturated heterocycles. The highest BCUT2D eigenvalue weighted by Gasteiger charge is 2.31. The fraction of sp³-hybridized carbons (Fsp3) is 0.450. The monoisotopic (exact) mass is 387 g/mol. The highest BCUT2D eigenvalue weighted by atomic mass is 19.1. The number of hydrogen-bond acceptors (Lipinski definition) is 5. The molecular weight excluding hydrogens is 361 g/mol. The van der Waals surface area contributed by atoms with Gasteiger partial charge in [-0.2, -0.15) is 0 Å². The van der Waals surface area contributed by atoms with Crippen LogP contribution in [-0.4, -0.2) is 38.8 Å². The molecule has 0 bridgehead atoms. The van der Waals surface area contributed by atoms with Crippen LogP contribution >= 0.6 is 0 Å². The first kappa shape index (κ1) is 21.4. The molecule has 0 aliphatic rings. The first-order chi connectivity index (χ1) is 13.4. The van der Waals surface area contributed by atoms with Crippen molar-refractivity contribution in [2.45, 2.75) is 52.0 Å². The van der Waals surface area contributed by atoms with Crippen molar-refractivity contribution in [3.05, 3.63) is 53.6 Å². The van der Waals surface area contributed by atoms with Gasteiger partial charge in [0.1, 0.15) is 5.69 Å². The molecule has 2 rings (SSSR count). The molecule has 0 aliphatic heterocycles. The van der Waals surface area contributed by atoms with Crippen LogP contribution in [0.15, 0.2) is 30.7 Å². The Labute approximate surface area is 164 Å². The average molecular weight is 387 g/mol. The second kappa shape index (κ2) is 9.87. The third kappa shape index (κ3) is 5.55.